The molecule has 33 heavy (non-hydrogen) atoms. The molecule has 0 amide bonds. The highest BCUT2D eigenvalue weighted by molar-refractivity contribution is 5.79. The van der Waals surface area contributed by atoms with Crippen molar-refractivity contribution < 1.29 is 21.5 Å². The van der Waals surface area contributed by atoms with Gasteiger partial charge < -0.3 is 31.7 Å². The molecule has 1 heterocycles. The number of aromatic nitrogens is 1. The monoisotopic (exact) mass is 518 g/mol. The highest BCUT2D eigenvalue weighted by Gasteiger charge is 2.08. The summed E-state index contributed by atoms with van der Waals surface area (Å²) >= 11 is 0. The first-order valence-electron chi connectivity index (χ1n) is 11.8. The summed E-state index contributed by atoms with van der Waals surface area (Å²) in [4.78, 5) is 7.18. The van der Waals surface area contributed by atoms with E-state index in [1.807, 2.05) is 36.5 Å². The molecule has 0 bridgehead atoms. The van der Waals surface area contributed by atoms with Crippen LogP contribution in [0.2, 0.25) is 0 Å². The summed E-state index contributed by atoms with van der Waals surface area (Å²) in [6.45, 7) is 6.86. The number of benzene rings is 1. The molecule has 0 fully saturated rings. The standard InChI is InChI=1S/C26H43N6.BrH/c1-28(2)16-9-18-31(19-10-17-29(3)4)20-11-21-32-22-14-25(15-23-32)24-27-30(5)26-12-7-6-8-13-26;/h6-8,12-15,22-24H,9-11,16-21H2,1-5H3;1H/q+1;/p-1. The molecule has 1 aromatic heterocycles. The SMILES string of the molecule is CN(C)CCCN(CCCN(C)C)CCC[n+]1ccc(C=NN(C)c2ccccc2)cc1.[Br-]. The zero-order chi connectivity index (χ0) is 23.2. The van der Waals surface area contributed by atoms with Crippen molar-refractivity contribution in [2.75, 3.05) is 73.0 Å². The number of hydrogen-bond acceptors (Lipinski definition) is 5. The van der Waals surface area contributed by atoms with E-state index in [-0.39, 0.29) is 17.0 Å². The van der Waals surface area contributed by atoms with Crippen molar-refractivity contribution in [3.05, 3.63) is 60.4 Å². The largest absolute Gasteiger partial charge is 1.00 e. The molecule has 0 saturated carbocycles. The maximum Gasteiger partial charge on any atom is 0.169 e. The molecular formula is C26H43BrN6. The van der Waals surface area contributed by atoms with Crippen molar-refractivity contribution in [3.8, 4) is 0 Å². The first-order chi connectivity index (χ1) is 15.4. The molecule has 2 aromatic rings. The average Bonchev–Trinajstić information content (AvgIpc) is 2.78. The summed E-state index contributed by atoms with van der Waals surface area (Å²) < 4.78 is 2.27. The van der Waals surface area contributed by atoms with Gasteiger partial charge in [0.05, 0.1) is 11.9 Å². The minimum absolute atomic E-state index is 0. The summed E-state index contributed by atoms with van der Waals surface area (Å²) in [5.41, 5.74) is 2.19. The van der Waals surface area contributed by atoms with Crippen molar-refractivity contribution in [3.63, 3.8) is 0 Å². The number of anilines is 1. The van der Waals surface area contributed by atoms with Gasteiger partial charge in [-0.1, -0.05) is 18.2 Å². The van der Waals surface area contributed by atoms with Gasteiger partial charge in [0, 0.05) is 37.7 Å². The predicted molar refractivity (Wildman–Crippen MR) is 136 cm³/mol. The molecule has 6 nitrogen and oxygen atoms in total. The molecule has 0 aliphatic rings. The second kappa shape index (κ2) is 16.8. The lowest BCUT2D eigenvalue weighted by atomic mass is 10.2. The number of hydrazone groups is 1. The normalized spacial score (nSPS) is 11.5. The van der Waals surface area contributed by atoms with Crippen LogP contribution in [0.3, 0.4) is 0 Å². The molecule has 0 unspecified atom stereocenters. The van der Waals surface area contributed by atoms with Gasteiger partial charge in [-0.2, -0.15) is 5.10 Å². The summed E-state index contributed by atoms with van der Waals surface area (Å²) in [5.74, 6) is 0. The van der Waals surface area contributed by atoms with E-state index in [0.29, 0.717) is 0 Å². The molecule has 1 aromatic carbocycles. The van der Waals surface area contributed by atoms with Gasteiger partial charge in [0.1, 0.15) is 6.54 Å². The molecule has 0 radical (unpaired) electrons. The predicted octanol–water partition coefficient (Wildman–Crippen LogP) is 0.0439. The summed E-state index contributed by atoms with van der Waals surface area (Å²) in [5, 5.41) is 6.44. The summed E-state index contributed by atoms with van der Waals surface area (Å²) in [6.07, 6.45) is 9.85. The lowest BCUT2D eigenvalue weighted by Gasteiger charge is -2.23. The Labute approximate surface area is 212 Å². The minimum atomic E-state index is 0. The highest BCUT2D eigenvalue weighted by Crippen LogP contribution is 2.10. The zero-order valence-corrected chi connectivity index (χ0v) is 22.8. The molecule has 0 aliphatic carbocycles. The van der Waals surface area contributed by atoms with Crippen LogP contribution in [0.5, 0.6) is 0 Å². The fraction of sp³-hybridized carbons (Fsp3) is 0.538. The van der Waals surface area contributed by atoms with Crippen molar-refractivity contribution in [2.45, 2.75) is 25.8 Å². The van der Waals surface area contributed by atoms with Crippen LogP contribution in [-0.4, -0.2) is 88.9 Å². The Morgan fingerprint density at radius 1 is 0.727 bits per heavy atom. The third-order valence-corrected chi connectivity index (χ3v) is 5.48. The first kappa shape index (κ1) is 29.2. The molecule has 2 rings (SSSR count). The second-order valence-corrected chi connectivity index (χ2v) is 8.98. The molecule has 7 heteroatoms. The van der Waals surface area contributed by atoms with Crippen LogP contribution in [0.15, 0.2) is 60.0 Å². The lowest BCUT2D eigenvalue weighted by molar-refractivity contribution is -0.697. The average molecular weight is 520 g/mol. The number of para-hydroxylation sites is 1. The van der Waals surface area contributed by atoms with Crippen LogP contribution in [0, 0.1) is 0 Å². The van der Waals surface area contributed by atoms with Crippen LogP contribution in [0.25, 0.3) is 0 Å². The van der Waals surface area contributed by atoms with Crippen LogP contribution < -0.4 is 26.6 Å². The van der Waals surface area contributed by atoms with Gasteiger partial charge in [-0.3, -0.25) is 5.01 Å². The molecule has 0 aliphatic heterocycles. The second-order valence-electron chi connectivity index (χ2n) is 8.98. The van der Waals surface area contributed by atoms with E-state index in [4.69, 9.17) is 0 Å². The van der Waals surface area contributed by atoms with Crippen molar-refractivity contribution in [1.82, 2.24) is 14.7 Å². The van der Waals surface area contributed by atoms with Crippen LogP contribution in [0.1, 0.15) is 24.8 Å². The number of hydrogen-bond donors (Lipinski definition) is 0. The highest BCUT2D eigenvalue weighted by atomic mass is 79.9. The van der Waals surface area contributed by atoms with Gasteiger partial charge in [-0.05, 0) is 79.3 Å². The minimum Gasteiger partial charge on any atom is -1.00 e. The van der Waals surface area contributed by atoms with E-state index >= 15 is 0 Å². The third kappa shape index (κ3) is 12.9. The lowest BCUT2D eigenvalue weighted by Crippen LogP contribution is -3.00. The topological polar surface area (TPSA) is 29.2 Å². The number of rotatable bonds is 15. The van der Waals surface area contributed by atoms with Gasteiger partial charge in [-0.25, -0.2) is 4.57 Å². The van der Waals surface area contributed by atoms with Crippen molar-refractivity contribution >= 4 is 11.9 Å². The fourth-order valence-electron chi connectivity index (χ4n) is 3.60. The third-order valence-electron chi connectivity index (χ3n) is 5.48. The van der Waals surface area contributed by atoms with Gasteiger partial charge in [0.25, 0.3) is 0 Å². The van der Waals surface area contributed by atoms with E-state index in [1.165, 1.54) is 32.4 Å². The smallest absolute Gasteiger partial charge is 0.169 e. The molecule has 0 N–H and O–H groups in total. The Morgan fingerprint density at radius 3 is 1.82 bits per heavy atom. The van der Waals surface area contributed by atoms with Crippen molar-refractivity contribution in [1.29, 1.82) is 0 Å². The number of nitrogens with zero attached hydrogens (tertiary/aromatic N) is 6. The van der Waals surface area contributed by atoms with E-state index in [2.05, 4.69) is 89.2 Å². The summed E-state index contributed by atoms with van der Waals surface area (Å²) in [7, 11) is 10.6. The van der Waals surface area contributed by atoms with Gasteiger partial charge in [0.2, 0.25) is 0 Å². The maximum absolute atomic E-state index is 4.55. The number of pyridine rings is 1. The zero-order valence-electron chi connectivity index (χ0n) is 21.2. The number of halogens is 1. The quantitative estimate of drug-likeness (QED) is 0.189. The maximum atomic E-state index is 4.55. The molecule has 184 valence electrons. The van der Waals surface area contributed by atoms with Crippen molar-refractivity contribution in [2.24, 2.45) is 5.10 Å². The Bertz CT molecular complexity index is 750. The van der Waals surface area contributed by atoms with Crippen LogP contribution >= 0.6 is 0 Å². The van der Waals surface area contributed by atoms with Crippen LogP contribution in [0.4, 0.5) is 5.69 Å². The first-order valence-corrected chi connectivity index (χ1v) is 11.8. The Kier molecular flexibility index (Phi) is 14.8. The van der Waals surface area contributed by atoms with Gasteiger partial charge in [-0.15, -0.1) is 0 Å². The summed E-state index contributed by atoms with van der Waals surface area (Å²) in [6, 6.07) is 14.4. The van der Waals surface area contributed by atoms with E-state index in [0.717, 1.165) is 37.4 Å². The Hall–Kier alpha value is -1.80. The van der Waals surface area contributed by atoms with Gasteiger partial charge >= 0.3 is 0 Å². The molecule has 0 atom stereocenters. The molecular weight excluding hydrogens is 476 g/mol. The van der Waals surface area contributed by atoms with E-state index < -0.39 is 0 Å². The number of aryl methyl sites for hydroxylation is 1. The molecule has 0 saturated heterocycles. The molecule has 0 spiro atoms. The van der Waals surface area contributed by atoms with Crippen LogP contribution in [-0.2, 0) is 6.54 Å². The van der Waals surface area contributed by atoms with Gasteiger partial charge in [0.15, 0.2) is 12.4 Å². The Balaban J connectivity index is 0.00000544. The Morgan fingerprint density at radius 2 is 1.27 bits per heavy atom. The fourth-order valence-corrected chi connectivity index (χ4v) is 3.60. The van der Waals surface area contributed by atoms with E-state index in [9.17, 15) is 0 Å². The van der Waals surface area contributed by atoms with E-state index in [1.54, 1.807) is 0 Å².